The van der Waals surface area contributed by atoms with Crippen LogP contribution >= 0.6 is 15.9 Å². The summed E-state index contributed by atoms with van der Waals surface area (Å²) in [6, 6.07) is 14.4. The minimum atomic E-state index is 0.539. The zero-order valence-electron chi connectivity index (χ0n) is 12.1. The first-order valence-electron chi connectivity index (χ1n) is 6.81. The fourth-order valence-electron chi connectivity index (χ4n) is 2.02. The highest BCUT2D eigenvalue weighted by Crippen LogP contribution is 2.29. The van der Waals surface area contributed by atoms with E-state index in [0.29, 0.717) is 5.92 Å². The molecule has 0 aromatic heterocycles. The van der Waals surface area contributed by atoms with E-state index >= 15 is 0 Å². The van der Waals surface area contributed by atoms with Gasteiger partial charge in [-0.25, -0.2) is 0 Å². The van der Waals surface area contributed by atoms with Crippen LogP contribution in [0.25, 0.3) is 0 Å². The predicted octanol–water partition coefficient (Wildman–Crippen LogP) is 5.08. The van der Waals surface area contributed by atoms with Crippen molar-refractivity contribution in [3.05, 3.63) is 58.1 Å². The molecule has 2 aromatic carbocycles. The van der Waals surface area contributed by atoms with Gasteiger partial charge in [-0.2, -0.15) is 0 Å². The highest BCUT2D eigenvalue weighted by atomic mass is 79.9. The molecule has 1 N–H and O–H groups in total. The molecule has 0 fully saturated rings. The van der Waals surface area contributed by atoms with Gasteiger partial charge in [0.25, 0.3) is 0 Å². The smallest absolute Gasteiger partial charge is 0.131 e. The third kappa shape index (κ3) is 3.84. The van der Waals surface area contributed by atoms with E-state index in [4.69, 9.17) is 4.74 Å². The zero-order chi connectivity index (χ0) is 14.5. The quantitative estimate of drug-likeness (QED) is 0.823. The first-order valence-corrected chi connectivity index (χ1v) is 7.60. The number of rotatable bonds is 5. The molecule has 2 rings (SSSR count). The maximum absolute atomic E-state index is 5.99. The molecule has 0 aliphatic heterocycles. The average Bonchev–Trinajstić information content (AvgIpc) is 2.43. The Bertz CT molecular complexity index is 564. The molecule has 20 heavy (non-hydrogen) atoms. The van der Waals surface area contributed by atoms with Crippen LogP contribution in [0.1, 0.15) is 30.9 Å². The van der Waals surface area contributed by atoms with Gasteiger partial charge in [0.2, 0.25) is 0 Å². The van der Waals surface area contributed by atoms with E-state index < -0.39 is 0 Å². The van der Waals surface area contributed by atoms with Crippen LogP contribution in [0.15, 0.2) is 46.9 Å². The van der Waals surface area contributed by atoms with Crippen molar-refractivity contribution in [2.45, 2.75) is 26.3 Å². The molecule has 2 aromatic rings. The Morgan fingerprint density at radius 1 is 1.10 bits per heavy atom. The van der Waals surface area contributed by atoms with Crippen molar-refractivity contribution < 1.29 is 4.74 Å². The second-order valence-corrected chi connectivity index (χ2v) is 6.02. The van der Waals surface area contributed by atoms with E-state index in [2.05, 4.69) is 53.3 Å². The molecule has 0 atom stereocenters. The van der Waals surface area contributed by atoms with Crippen molar-refractivity contribution in [1.29, 1.82) is 0 Å². The fourth-order valence-corrected chi connectivity index (χ4v) is 2.43. The first-order chi connectivity index (χ1) is 9.60. The van der Waals surface area contributed by atoms with Gasteiger partial charge in [-0.3, -0.25) is 0 Å². The third-order valence-electron chi connectivity index (χ3n) is 3.16. The normalized spacial score (nSPS) is 10.8. The van der Waals surface area contributed by atoms with Gasteiger partial charge in [-0.05, 0) is 48.9 Å². The Morgan fingerprint density at radius 3 is 2.40 bits per heavy atom. The highest BCUT2D eigenvalue weighted by molar-refractivity contribution is 9.10. The number of benzene rings is 2. The van der Waals surface area contributed by atoms with Crippen LogP contribution in [0.4, 0.5) is 0 Å². The number of hydrogen-bond acceptors (Lipinski definition) is 2. The van der Waals surface area contributed by atoms with E-state index in [1.54, 1.807) is 0 Å². The number of halogens is 1. The summed E-state index contributed by atoms with van der Waals surface area (Å²) in [5, 5.41) is 3.16. The molecule has 0 aliphatic rings. The first kappa shape index (κ1) is 15.1. The Balaban J connectivity index is 2.20. The lowest BCUT2D eigenvalue weighted by molar-refractivity contribution is 0.474. The van der Waals surface area contributed by atoms with Crippen LogP contribution in [-0.2, 0) is 6.54 Å². The van der Waals surface area contributed by atoms with Crippen molar-refractivity contribution in [1.82, 2.24) is 5.32 Å². The Hall–Kier alpha value is -1.32. The summed E-state index contributed by atoms with van der Waals surface area (Å²) in [4.78, 5) is 0. The van der Waals surface area contributed by atoms with Gasteiger partial charge >= 0.3 is 0 Å². The molecule has 2 nitrogen and oxygen atoms in total. The van der Waals surface area contributed by atoms with Crippen molar-refractivity contribution in [3.63, 3.8) is 0 Å². The monoisotopic (exact) mass is 333 g/mol. The number of hydrogen-bond donors (Lipinski definition) is 1. The lowest BCUT2D eigenvalue weighted by atomic mass is 10.0. The summed E-state index contributed by atoms with van der Waals surface area (Å²) in [7, 11) is 1.93. The van der Waals surface area contributed by atoms with Gasteiger partial charge in [0.1, 0.15) is 11.5 Å². The van der Waals surface area contributed by atoms with Crippen molar-refractivity contribution in [2.24, 2.45) is 0 Å². The summed E-state index contributed by atoms with van der Waals surface area (Å²) < 4.78 is 7.05. The molecule has 0 heterocycles. The molecule has 0 spiro atoms. The molecule has 0 amide bonds. The van der Waals surface area contributed by atoms with E-state index in [9.17, 15) is 0 Å². The SMILES string of the molecule is CNCc1cc(Br)ccc1Oc1ccc(C(C)C)cc1. The summed E-state index contributed by atoms with van der Waals surface area (Å²) in [5.41, 5.74) is 2.46. The fraction of sp³-hybridized carbons (Fsp3) is 0.294. The molecular formula is C17H20BrNO. The topological polar surface area (TPSA) is 21.3 Å². The molecule has 0 aliphatic carbocycles. The molecule has 106 valence electrons. The molecule has 0 saturated carbocycles. The maximum atomic E-state index is 5.99. The second kappa shape index (κ2) is 6.91. The van der Waals surface area contributed by atoms with Gasteiger partial charge in [0, 0.05) is 16.6 Å². The van der Waals surface area contributed by atoms with Crippen molar-refractivity contribution in [3.8, 4) is 11.5 Å². The van der Waals surface area contributed by atoms with Crippen LogP contribution in [0.2, 0.25) is 0 Å². The van der Waals surface area contributed by atoms with Crippen LogP contribution in [-0.4, -0.2) is 7.05 Å². The highest BCUT2D eigenvalue weighted by Gasteiger charge is 2.06. The molecule has 0 unspecified atom stereocenters. The largest absolute Gasteiger partial charge is 0.457 e. The van der Waals surface area contributed by atoms with E-state index in [1.807, 2.05) is 31.3 Å². The second-order valence-electron chi connectivity index (χ2n) is 5.11. The van der Waals surface area contributed by atoms with E-state index in [-0.39, 0.29) is 0 Å². The zero-order valence-corrected chi connectivity index (χ0v) is 13.7. The Labute approximate surface area is 129 Å². The minimum Gasteiger partial charge on any atom is -0.457 e. The van der Waals surface area contributed by atoms with Gasteiger partial charge in [-0.15, -0.1) is 0 Å². The molecule has 3 heteroatoms. The summed E-state index contributed by atoms with van der Waals surface area (Å²) in [6.45, 7) is 5.16. The predicted molar refractivity (Wildman–Crippen MR) is 87.5 cm³/mol. The third-order valence-corrected chi connectivity index (χ3v) is 3.66. The van der Waals surface area contributed by atoms with Crippen molar-refractivity contribution in [2.75, 3.05) is 7.05 Å². The lowest BCUT2D eigenvalue weighted by Crippen LogP contribution is -2.06. The Kier molecular flexibility index (Phi) is 5.21. The minimum absolute atomic E-state index is 0.539. The lowest BCUT2D eigenvalue weighted by Gasteiger charge is -2.12. The molecule has 0 bridgehead atoms. The standard InChI is InChI=1S/C17H20BrNO/c1-12(2)13-4-7-16(8-5-13)20-17-9-6-15(18)10-14(17)11-19-3/h4-10,12,19H,11H2,1-3H3. The van der Waals surface area contributed by atoms with Gasteiger partial charge < -0.3 is 10.1 Å². The maximum Gasteiger partial charge on any atom is 0.131 e. The van der Waals surface area contributed by atoms with Crippen LogP contribution in [0.5, 0.6) is 11.5 Å². The van der Waals surface area contributed by atoms with Gasteiger partial charge in [0.15, 0.2) is 0 Å². The molecule has 0 radical (unpaired) electrons. The number of nitrogens with one attached hydrogen (secondary N) is 1. The van der Waals surface area contributed by atoms with Crippen LogP contribution in [0, 0.1) is 0 Å². The average molecular weight is 334 g/mol. The van der Waals surface area contributed by atoms with Crippen LogP contribution < -0.4 is 10.1 Å². The van der Waals surface area contributed by atoms with Gasteiger partial charge in [0.05, 0.1) is 0 Å². The summed E-state index contributed by atoms with van der Waals surface area (Å²) in [6.07, 6.45) is 0. The summed E-state index contributed by atoms with van der Waals surface area (Å²) >= 11 is 3.49. The van der Waals surface area contributed by atoms with E-state index in [0.717, 1.165) is 28.1 Å². The summed E-state index contributed by atoms with van der Waals surface area (Å²) in [5.74, 6) is 2.30. The van der Waals surface area contributed by atoms with Gasteiger partial charge in [-0.1, -0.05) is 41.9 Å². The molecule has 0 saturated heterocycles. The molecular weight excluding hydrogens is 314 g/mol. The Morgan fingerprint density at radius 2 is 1.80 bits per heavy atom. The number of ether oxygens (including phenoxy) is 1. The van der Waals surface area contributed by atoms with Crippen molar-refractivity contribution >= 4 is 15.9 Å². The van der Waals surface area contributed by atoms with E-state index in [1.165, 1.54) is 5.56 Å². The van der Waals surface area contributed by atoms with Crippen LogP contribution in [0.3, 0.4) is 0 Å².